The second-order valence-electron chi connectivity index (χ2n) is 8.69. The summed E-state index contributed by atoms with van der Waals surface area (Å²) in [6, 6.07) is 8.75. The van der Waals surface area contributed by atoms with Crippen LogP contribution in [0.25, 0.3) is 0 Å². The van der Waals surface area contributed by atoms with Gasteiger partial charge in [0.05, 0.1) is 6.04 Å². The average Bonchev–Trinajstić information content (AvgIpc) is 3.14. The third-order valence-corrected chi connectivity index (χ3v) is 6.13. The lowest BCUT2D eigenvalue weighted by Gasteiger charge is -2.14. The first-order valence-electron chi connectivity index (χ1n) is 12.3. The molecule has 2 heteroatoms. The van der Waals surface area contributed by atoms with Crippen LogP contribution in [0.4, 0.5) is 0 Å². The second kappa shape index (κ2) is 15.3. The van der Waals surface area contributed by atoms with Gasteiger partial charge < -0.3 is 5.32 Å². The highest BCUT2D eigenvalue weighted by atomic mass is 16.1. The van der Waals surface area contributed by atoms with Crippen molar-refractivity contribution < 1.29 is 4.79 Å². The molecular formula is C27H43NO. The molecule has 1 aliphatic carbocycles. The molecule has 0 radical (unpaired) electrons. The van der Waals surface area contributed by atoms with Crippen molar-refractivity contribution >= 4 is 5.91 Å². The molecule has 1 aromatic carbocycles. The Hall–Kier alpha value is -1.57. The van der Waals surface area contributed by atoms with E-state index in [1.165, 1.54) is 88.2 Å². The summed E-state index contributed by atoms with van der Waals surface area (Å²) in [5.74, 6) is 0.226. The zero-order valence-electron chi connectivity index (χ0n) is 18.8. The molecule has 1 N–H and O–H groups in total. The van der Waals surface area contributed by atoms with Gasteiger partial charge in [-0.05, 0) is 56.1 Å². The number of amides is 1. The maximum Gasteiger partial charge on any atom is 0.220 e. The van der Waals surface area contributed by atoms with Crippen molar-refractivity contribution in [2.24, 2.45) is 0 Å². The molecule has 162 valence electrons. The number of carbonyl (C=O) groups is 1. The van der Waals surface area contributed by atoms with Gasteiger partial charge in [-0.3, -0.25) is 4.79 Å². The summed E-state index contributed by atoms with van der Waals surface area (Å²) in [6.45, 7) is 2.27. The van der Waals surface area contributed by atoms with Gasteiger partial charge in [-0.25, -0.2) is 0 Å². The van der Waals surface area contributed by atoms with Crippen molar-refractivity contribution in [3.63, 3.8) is 0 Å². The van der Waals surface area contributed by atoms with E-state index in [1.807, 2.05) is 0 Å². The third kappa shape index (κ3) is 10.1. The lowest BCUT2D eigenvalue weighted by Crippen LogP contribution is -2.26. The number of rotatable bonds is 16. The first kappa shape index (κ1) is 23.7. The van der Waals surface area contributed by atoms with Crippen molar-refractivity contribution in [2.45, 2.75) is 116 Å². The van der Waals surface area contributed by atoms with E-state index in [0.29, 0.717) is 6.42 Å². The zero-order chi connectivity index (χ0) is 20.6. The fourth-order valence-electron chi connectivity index (χ4n) is 4.33. The number of aryl methyl sites for hydroxylation is 1. The number of benzene rings is 1. The number of unbranched alkanes of at least 4 members (excludes halogenated alkanes) is 11. The van der Waals surface area contributed by atoms with Crippen LogP contribution in [0.1, 0.15) is 120 Å². The first-order valence-corrected chi connectivity index (χ1v) is 12.3. The predicted octanol–water partition coefficient (Wildman–Crippen LogP) is 7.83. The summed E-state index contributed by atoms with van der Waals surface area (Å²) in [7, 11) is 0. The minimum atomic E-state index is 0.226. The van der Waals surface area contributed by atoms with Crippen LogP contribution in [-0.4, -0.2) is 5.91 Å². The van der Waals surface area contributed by atoms with E-state index < -0.39 is 0 Å². The van der Waals surface area contributed by atoms with Gasteiger partial charge >= 0.3 is 0 Å². The summed E-state index contributed by atoms with van der Waals surface area (Å²) >= 11 is 0. The Morgan fingerprint density at radius 1 is 0.897 bits per heavy atom. The Labute approximate surface area is 179 Å². The summed E-state index contributed by atoms with van der Waals surface area (Å²) in [6.07, 6.45) is 24.4. The van der Waals surface area contributed by atoms with Crippen molar-refractivity contribution in [3.05, 3.63) is 47.5 Å². The summed E-state index contributed by atoms with van der Waals surface area (Å²) in [4.78, 5) is 12.2. The molecule has 0 bridgehead atoms. The molecule has 0 saturated heterocycles. The van der Waals surface area contributed by atoms with E-state index in [1.54, 1.807) is 0 Å². The predicted molar refractivity (Wildman–Crippen MR) is 125 cm³/mol. The van der Waals surface area contributed by atoms with Crippen LogP contribution in [0.15, 0.2) is 36.4 Å². The number of allylic oxidation sites excluding steroid dienone is 2. The molecule has 0 aliphatic heterocycles. The van der Waals surface area contributed by atoms with E-state index in [-0.39, 0.29) is 11.9 Å². The molecule has 1 atom stereocenters. The summed E-state index contributed by atoms with van der Waals surface area (Å²) < 4.78 is 0. The van der Waals surface area contributed by atoms with Crippen LogP contribution in [0.5, 0.6) is 0 Å². The van der Waals surface area contributed by atoms with Crippen LogP contribution in [0, 0.1) is 0 Å². The summed E-state index contributed by atoms with van der Waals surface area (Å²) in [5.41, 5.74) is 2.73. The second-order valence-corrected chi connectivity index (χ2v) is 8.69. The number of hydrogen-bond acceptors (Lipinski definition) is 1. The van der Waals surface area contributed by atoms with Crippen LogP contribution in [0.2, 0.25) is 0 Å². The van der Waals surface area contributed by atoms with Gasteiger partial charge in [-0.1, -0.05) is 94.7 Å². The molecule has 2 nitrogen and oxygen atoms in total. The third-order valence-electron chi connectivity index (χ3n) is 6.13. The van der Waals surface area contributed by atoms with E-state index in [4.69, 9.17) is 0 Å². The van der Waals surface area contributed by atoms with Gasteiger partial charge in [-0.15, -0.1) is 0 Å². The SMILES string of the molecule is CCCCCCCCC=CCCCCCCCC(=O)NC1CCc2ccccc21. The molecule has 1 unspecified atom stereocenters. The van der Waals surface area contributed by atoms with E-state index in [0.717, 1.165) is 19.3 Å². The molecule has 1 amide bonds. The van der Waals surface area contributed by atoms with E-state index in [9.17, 15) is 4.79 Å². The van der Waals surface area contributed by atoms with Crippen LogP contribution >= 0.6 is 0 Å². The molecule has 0 fully saturated rings. The standard InChI is InChI=1S/C27H43NO/c1-2-3-4-5-6-7-8-9-10-11-12-13-14-15-16-21-27(29)28-26-23-22-24-19-17-18-20-25(24)26/h9-10,17-20,26H,2-8,11-16,21-23H2,1H3,(H,28,29). The molecule has 2 rings (SSSR count). The van der Waals surface area contributed by atoms with Crippen LogP contribution < -0.4 is 5.32 Å². The monoisotopic (exact) mass is 397 g/mol. The molecule has 29 heavy (non-hydrogen) atoms. The van der Waals surface area contributed by atoms with Gasteiger partial charge in [0.2, 0.25) is 5.91 Å². The number of fused-ring (bicyclic) bond motifs is 1. The zero-order valence-corrected chi connectivity index (χ0v) is 18.8. The van der Waals surface area contributed by atoms with Crippen molar-refractivity contribution in [1.82, 2.24) is 5.32 Å². The molecule has 0 aromatic heterocycles. The minimum absolute atomic E-state index is 0.226. The Balaban J connectivity index is 1.38. The smallest absolute Gasteiger partial charge is 0.220 e. The maximum atomic E-state index is 12.2. The normalized spacial score (nSPS) is 15.7. The highest BCUT2D eigenvalue weighted by Gasteiger charge is 2.22. The van der Waals surface area contributed by atoms with Gasteiger partial charge in [0.25, 0.3) is 0 Å². The highest BCUT2D eigenvalue weighted by Crippen LogP contribution is 2.30. The quantitative estimate of drug-likeness (QED) is 0.223. The summed E-state index contributed by atoms with van der Waals surface area (Å²) in [5, 5.41) is 3.24. The molecular weight excluding hydrogens is 354 g/mol. The molecule has 0 heterocycles. The molecule has 1 aromatic rings. The minimum Gasteiger partial charge on any atom is -0.349 e. The molecule has 1 aliphatic rings. The van der Waals surface area contributed by atoms with Crippen molar-refractivity contribution in [3.8, 4) is 0 Å². The molecule has 0 saturated carbocycles. The van der Waals surface area contributed by atoms with Crippen LogP contribution in [-0.2, 0) is 11.2 Å². The maximum absolute atomic E-state index is 12.2. The first-order chi connectivity index (χ1) is 14.3. The van der Waals surface area contributed by atoms with Gasteiger partial charge in [0, 0.05) is 6.42 Å². The van der Waals surface area contributed by atoms with E-state index >= 15 is 0 Å². The van der Waals surface area contributed by atoms with E-state index in [2.05, 4.69) is 48.7 Å². The molecule has 0 spiro atoms. The fraction of sp³-hybridized carbons (Fsp3) is 0.667. The average molecular weight is 398 g/mol. The number of carbonyl (C=O) groups excluding carboxylic acids is 1. The van der Waals surface area contributed by atoms with Crippen molar-refractivity contribution in [2.75, 3.05) is 0 Å². The number of hydrogen-bond donors (Lipinski definition) is 1. The van der Waals surface area contributed by atoms with Gasteiger partial charge in [0.15, 0.2) is 0 Å². The van der Waals surface area contributed by atoms with Crippen molar-refractivity contribution in [1.29, 1.82) is 0 Å². The topological polar surface area (TPSA) is 29.1 Å². The Morgan fingerprint density at radius 2 is 1.52 bits per heavy atom. The Kier molecular flexibility index (Phi) is 12.5. The van der Waals surface area contributed by atoms with Gasteiger partial charge in [-0.2, -0.15) is 0 Å². The fourth-order valence-corrected chi connectivity index (χ4v) is 4.33. The highest BCUT2D eigenvalue weighted by molar-refractivity contribution is 5.76. The Morgan fingerprint density at radius 3 is 2.24 bits per heavy atom. The van der Waals surface area contributed by atoms with Gasteiger partial charge in [0.1, 0.15) is 0 Å². The lowest BCUT2D eigenvalue weighted by molar-refractivity contribution is -0.121. The Bertz CT molecular complexity index is 592. The number of nitrogens with one attached hydrogen (secondary N) is 1. The lowest BCUT2D eigenvalue weighted by atomic mass is 10.1. The largest absolute Gasteiger partial charge is 0.349 e. The van der Waals surface area contributed by atoms with Crippen LogP contribution in [0.3, 0.4) is 0 Å².